The van der Waals surface area contributed by atoms with Gasteiger partial charge in [-0.2, -0.15) is 0 Å². The quantitative estimate of drug-likeness (QED) is 0.404. The summed E-state index contributed by atoms with van der Waals surface area (Å²) in [5.74, 6) is 1.86. The van der Waals surface area contributed by atoms with Crippen molar-refractivity contribution in [1.82, 2.24) is 20.1 Å². The number of aryl methyl sites for hydroxylation is 1. The summed E-state index contributed by atoms with van der Waals surface area (Å²) in [5.41, 5.74) is 0.903. The standard InChI is InChI=1S/C17H24N4O2S/c1-4-6-7-9-18-15(22)12-24-17-20-19-16(21(17)10-5-2)14-8-11-23-13(14)3/h5,8,11H,2,4,6-7,9-10,12H2,1,3H3,(H,18,22). The van der Waals surface area contributed by atoms with Crippen molar-refractivity contribution >= 4 is 17.7 Å². The predicted octanol–water partition coefficient (Wildman–Crippen LogP) is 3.43. The Balaban J connectivity index is 2.00. The Labute approximate surface area is 146 Å². The van der Waals surface area contributed by atoms with E-state index < -0.39 is 0 Å². The summed E-state index contributed by atoms with van der Waals surface area (Å²) in [6.07, 6.45) is 6.72. The molecule has 1 N–H and O–H groups in total. The van der Waals surface area contributed by atoms with E-state index in [2.05, 4.69) is 29.0 Å². The molecule has 0 spiro atoms. The number of carbonyl (C=O) groups is 1. The van der Waals surface area contributed by atoms with Crippen molar-refractivity contribution in [3.8, 4) is 11.4 Å². The van der Waals surface area contributed by atoms with Crippen molar-refractivity contribution in [2.24, 2.45) is 0 Å². The van der Waals surface area contributed by atoms with Crippen molar-refractivity contribution in [3.05, 3.63) is 30.7 Å². The molecule has 2 aromatic rings. The maximum absolute atomic E-state index is 11.9. The molecule has 0 unspecified atom stereocenters. The Morgan fingerprint density at radius 2 is 2.29 bits per heavy atom. The molecule has 0 aliphatic rings. The van der Waals surface area contributed by atoms with E-state index in [0.29, 0.717) is 17.5 Å². The molecule has 0 saturated heterocycles. The van der Waals surface area contributed by atoms with Crippen LogP contribution in [-0.2, 0) is 11.3 Å². The zero-order valence-electron chi connectivity index (χ0n) is 14.2. The lowest BCUT2D eigenvalue weighted by atomic mass is 10.2. The molecule has 130 valence electrons. The predicted molar refractivity (Wildman–Crippen MR) is 95.9 cm³/mol. The van der Waals surface area contributed by atoms with Gasteiger partial charge in [-0.1, -0.05) is 37.6 Å². The SMILES string of the molecule is C=CCn1c(SCC(=O)NCCCCC)nnc1-c1ccoc1C. The molecule has 0 aliphatic heterocycles. The summed E-state index contributed by atoms with van der Waals surface area (Å²) in [6.45, 7) is 9.12. The summed E-state index contributed by atoms with van der Waals surface area (Å²) in [6, 6.07) is 1.87. The Morgan fingerprint density at radius 1 is 1.46 bits per heavy atom. The van der Waals surface area contributed by atoms with Crippen molar-refractivity contribution in [3.63, 3.8) is 0 Å². The summed E-state index contributed by atoms with van der Waals surface area (Å²) >= 11 is 1.38. The van der Waals surface area contributed by atoms with Crippen LogP contribution in [0.15, 0.2) is 34.6 Å². The first-order chi connectivity index (χ1) is 11.7. The van der Waals surface area contributed by atoms with E-state index >= 15 is 0 Å². The van der Waals surface area contributed by atoms with Crippen molar-refractivity contribution in [2.75, 3.05) is 12.3 Å². The number of carbonyl (C=O) groups excluding carboxylic acids is 1. The fraction of sp³-hybridized carbons (Fsp3) is 0.471. The highest BCUT2D eigenvalue weighted by molar-refractivity contribution is 7.99. The fourth-order valence-electron chi connectivity index (χ4n) is 2.29. The third-order valence-electron chi connectivity index (χ3n) is 3.56. The molecule has 0 bridgehead atoms. The Kier molecular flexibility index (Phi) is 7.11. The number of unbranched alkanes of at least 4 members (excludes halogenated alkanes) is 2. The van der Waals surface area contributed by atoms with E-state index in [9.17, 15) is 4.79 Å². The summed E-state index contributed by atoms with van der Waals surface area (Å²) in [5, 5.41) is 12.1. The monoisotopic (exact) mass is 348 g/mol. The third-order valence-corrected chi connectivity index (χ3v) is 4.53. The van der Waals surface area contributed by atoms with Gasteiger partial charge in [0.1, 0.15) is 5.76 Å². The molecule has 0 radical (unpaired) electrons. The molecule has 2 heterocycles. The smallest absolute Gasteiger partial charge is 0.230 e. The number of rotatable bonds is 10. The lowest BCUT2D eigenvalue weighted by Crippen LogP contribution is -2.26. The lowest BCUT2D eigenvalue weighted by Gasteiger charge is -2.07. The van der Waals surface area contributed by atoms with Crippen LogP contribution in [0.5, 0.6) is 0 Å². The highest BCUT2D eigenvalue weighted by Crippen LogP contribution is 2.26. The second-order valence-corrected chi connectivity index (χ2v) is 6.38. The van der Waals surface area contributed by atoms with Crippen LogP contribution in [0.25, 0.3) is 11.4 Å². The van der Waals surface area contributed by atoms with E-state index in [1.807, 2.05) is 17.6 Å². The molecular formula is C17H24N4O2S. The number of aromatic nitrogens is 3. The van der Waals surface area contributed by atoms with Gasteiger partial charge in [0.15, 0.2) is 11.0 Å². The largest absolute Gasteiger partial charge is 0.469 e. The zero-order chi connectivity index (χ0) is 17.4. The Bertz CT molecular complexity index is 678. The van der Waals surface area contributed by atoms with E-state index in [1.165, 1.54) is 11.8 Å². The number of allylic oxidation sites excluding steroid dienone is 1. The van der Waals surface area contributed by atoms with Gasteiger partial charge in [0.2, 0.25) is 5.91 Å². The highest BCUT2D eigenvalue weighted by atomic mass is 32.2. The average molecular weight is 348 g/mol. The lowest BCUT2D eigenvalue weighted by molar-refractivity contribution is -0.118. The molecule has 24 heavy (non-hydrogen) atoms. The minimum absolute atomic E-state index is 0.0188. The number of hydrogen-bond acceptors (Lipinski definition) is 5. The van der Waals surface area contributed by atoms with Gasteiger partial charge in [-0.3, -0.25) is 9.36 Å². The summed E-state index contributed by atoms with van der Waals surface area (Å²) in [7, 11) is 0. The number of amides is 1. The second kappa shape index (κ2) is 9.32. The van der Waals surface area contributed by atoms with Gasteiger partial charge in [-0.25, -0.2) is 0 Å². The molecule has 1 amide bonds. The maximum atomic E-state index is 11.9. The minimum atomic E-state index is 0.0188. The molecule has 2 aromatic heterocycles. The molecule has 2 rings (SSSR count). The Hall–Kier alpha value is -2.02. The van der Waals surface area contributed by atoms with Crippen molar-refractivity contribution in [1.29, 1.82) is 0 Å². The van der Waals surface area contributed by atoms with Crippen LogP contribution >= 0.6 is 11.8 Å². The van der Waals surface area contributed by atoms with E-state index in [0.717, 1.165) is 43.0 Å². The molecule has 0 saturated carbocycles. The molecule has 7 heteroatoms. The number of nitrogens with zero attached hydrogens (tertiary/aromatic N) is 3. The average Bonchev–Trinajstić information content (AvgIpc) is 3.16. The molecule has 0 aliphatic carbocycles. The molecule has 0 aromatic carbocycles. The van der Waals surface area contributed by atoms with Crippen LogP contribution < -0.4 is 5.32 Å². The first-order valence-corrected chi connectivity index (χ1v) is 9.14. The highest BCUT2D eigenvalue weighted by Gasteiger charge is 2.17. The van der Waals surface area contributed by atoms with Gasteiger partial charge in [-0.15, -0.1) is 16.8 Å². The number of hydrogen-bond donors (Lipinski definition) is 1. The van der Waals surface area contributed by atoms with E-state index in [1.54, 1.807) is 12.3 Å². The van der Waals surface area contributed by atoms with Gasteiger partial charge in [-0.05, 0) is 19.4 Å². The molecular weight excluding hydrogens is 324 g/mol. The number of furan rings is 1. The van der Waals surface area contributed by atoms with E-state index in [-0.39, 0.29) is 5.91 Å². The van der Waals surface area contributed by atoms with Gasteiger partial charge < -0.3 is 9.73 Å². The normalized spacial score (nSPS) is 10.8. The van der Waals surface area contributed by atoms with Crippen LogP contribution in [0, 0.1) is 6.92 Å². The minimum Gasteiger partial charge on any atom is -0.469 e. The topological polar surface area (TPSA) is 73.0 Å². The zero-order valence-corrected chi connectivity index (χ0v) is 15.1. The van der Waals surface area contributed by atoms with Crippen molar-refractivity contribution in [2.45, 2.75) is 44.8 Å². The van der Waals surface area contributed by atoms with Gasteiger partial charge >= 0.3 is 0 Å². The first kappa shape index (κ1) is 18.3. The third kappa shape index (κ3) is 4.74. The fourth-order valence-corrected chi connectivity index (χ4v) is 3.07. The molecule has 0 fully saturated rings. The van der Waals surface area contributed by atoms with Crippen LogP contribution in [0.4, 0.5) is 0 Å². The number of nitrogens with one attached hydrogen (secondary N) is 1. The van der Waals surface area contributed by atoms with Gasteiger partial charge in [0.25, 0.3) is 0 Å². The van der Waals surface area contributed by atoms with Gasteiger partial charge in [0.05, 0.1) is 17.6 Å². The van der Waals surface area contributed by atoms with Crippen molar-refractivity contribution < 1.29 is 9.21 Å². The first-order valence-electron chi connectivity index (χ1n) is 8.15. The second-order valence-electron chi connectivity index (χ2n) is 5.44. The van der Waals surface area contributed by atoms with Crippen LogP contribution in [0.3, 0.4) is 0 Å². The molecule has 0 atom stereocenters. The van der Waals surface area contributed by atoms with Crippen LogP contribution in [0.1, 0.15) is 31.9 Å². The summed E-state index contributed by atoms with van der Waals surface area (Å²) in [4.78, 5) is 11.9. The van der Waals surface area contributed by atoms with Crippen LogP contribution in [0.2, 0.25) is 0 Å². The number of thioether (sulfide) groups is 1. The molecule has 6 nitrogen and oxygen atoms in total. The maximum Gasteiger partial charge on any atom is 0.230 e. The van der Waals surface area contributed by atoms with Gasteiger partial charge in [0, 0.05) is 13.1 Å². The summed E-state index contributed by atoms with van der Waals surface area (Å²) < 4.78 is 7.29. The van der Waals surface area contributed by atoms with Crippen LogP contribution in [-0.4, -0.2) is 33.0 Å². The van der Waals surface area contributed by atoms with E-state index in [4.69, 9.17) is 4.42 Å². The Morgan fingerprint density at radius 3 is 2.96 bits per heavy atom.